The van der Waals surface area contributed by atoms with Gasteiger partial charge in [-0.05, 0) is 43.6 Å². The van der Waals surface area contributed by atoms with Gasteiger partial charge in [-0.25, -0.2) is 0 Å². The van der Waals surface area contributed by atoms with Crippen LogP contribution in [-0.2, 0) is 0 Å². The van der Waals surface area contributed by atoms with E-state index in [0.29, 0.717) is 0 Å². The summed E-state index contributed by atoms with van der Waals surface area (Å²) in [5.41, 5.74) is 0. The molecule has 0 spiro atoms. The molecule has 1 saturated heterocycles. The Hall–Kier alpha value is 0.270. The minimum atomic E-state index is 0.766. The molecule has 0 aromatic carbocycles. The molecule has 1 aliphatic heterocycles. The standard InChI is InChI=1S/C13H28N2S/c1-12(2)9-14-10-13(3)11-15-5-4-7-16-8-6-15/h12-14H,4-11H2,1-3H3. The van der Waals surface area contributed by atoms with Gasteiger partial charge in [0.15, 0.2) is 0 Å². The number of hydrogen-bond donors (Lipinski definition) is 1. The predicted molar refractivity (Wildman–Crippen MR) is 75.3 cm³/mol. The molecule has 1 rings (SSSR count). The second-order valence-corrected chi connectivity index (χ2v) is 6.65. The molecule has 2 nitrogen and oxygen atoms in total. The van der Waals surface area contributed by atoms with Gasteiger partial charge >= 0.3 is 0 Å². The van der Waals surface area contributed by atoms with E-state index >= 15 is 0 Å². The van der Waals surface area contributed by atoms with E-state index in [1.165, 1.54) is 44.1 Å². The van der Waals surface area contributed by atoms with Crippen molar-refractivity contribution >= 4 is 11.8 Å². The summed E-state index contributed by atoms with van der Waals surface area (Å²) in [4.78, 5) is 2.64. The minimum Gasteiger partial charge on any atom is -0.316 e. The van der Waals surface area contributed by atoms with Crippen LogP contribution in [0.25, 0.3) is 0 Å². The number of rotatable bonds is 6. The molecule has 16 heavy (non-hydrogen) atoms. The van der Waals surface area contributed by atoms with Crippen molar-refractivity contribution in [1.29, 1.82) is 0 Å². The quantitative estimate of drug-likeness (QED) is 0.772. The van der Waals surface area contributed by atoms with E-state index < -0.39 is 0 Å². The van der Waals surface area contributed by atoms with E-state index in [2.05, 4.69) is 42.7 Å². The normalized spacial score (nSPS) is 21.0. The van der Waals surface area contributed by atoms with E-state index in [-0.39, 0.29) is 0 Å². The molecule has 1 atom stereocenters. The van der Waals surface area contributed by atoms with Crippen LogP contribution in [0.4, 0.5) is 0 Å². The Labute approximate surface area is 106 Å². The fraction of sp³-hybridized carbons (Fsp3) is 1.00. The second-order valence-electron chi connectivity index (χ2n) is 5.42. The highest BCUT2D eigenvalue weighted by Gasteiger charge is 2.12. The number of hydrogen-bond acceptors (Lipinski definition) is 3. The highest BCUT2D eigenvalue weighted by molar-refractivity contribution is 7.99. The molecule has 0 bridgehead atoms. The van der Waals surface area contributed by atoms with Gasteiger partial charge in [-0.1, -0.05) is 20.8 Å². The third kappa shape index (κ3) is 6.77. The number of nitrogens with zero attached hydrogens (tertiary/aromatic N) is 1. The maximum atomic E-state index is 3.56. The van der Waals surface area contributed by atoms with Crippen molar-refractivity contribution < 1.29 is 0 Å². The maximum absolute atomic E-state index is 3.56. The predicted octanol–water partition coefficient (Wildman–Crippen LogP) is 2.31. The summed E-state index contributed by atoms with van der Waals surface area (Å²) in [6.45, 7) is 13.1. The van der Waals surface area contributed by atoms with Crippen LogP contribution in [0, 0.1) is 11.8 Å². The van der Waals surface area contributed by atoms with E-state index in [0.717, 1.165) is 18.4 Å². The van der Waals surface area contributed by atoms with Crippen LogP contribution in [0.5, 0.6) is 0 Å². The van der Waals surface area contributed by atoms with Crippen molar-refractivity contribution in [3.63, 3.8) is 0 Å². The first kappa shape index (κ1) is 14.3. The molecule has 0 saturated carbocycles. The van der Waals surface area contributed by atoms with Gasteiger partial charge in [-0.3, -0.25) is 0 Å². The van der Waals surface area contributed by atoms with E-state index in [1.54, 1.807) is 0 Å². The monoisotopic (exact) mass is 244 g/mol. The second kappa shape index (κ2) is 8.37. The number of thioether (sulfide) groups is 1. The number of nitrogens with one attached hydrogen (secondary N) is 1. The highest BCUT2D eigenvalue weighted by Crippen LogP contribution is 2.11. The first-order valence-electron chi connectivity index (χ1n) is 6.69. The lowest BCUT2D eigenvalue weighted by Crippen LogP contribution is -2.35. The topological polar surface area (TPSA) is 15.3 Å². The van der Waals surface area contributed by atoms with Crippen LogP contribution in [0.15, 0.2) is 0 Å². The molecule has 0 aliphatic carbocycles. The Balaban J connectivity index is 2.09. The highest BCUT2D eigenvalue weighted by atomic mass is 32.2. The van der Waals surface area contributed by atoms with Gasteiger partial charge < -0.3 is 10.2 Å². The van der Waals surface area contributed by atoms with Crippen molar-refractivity contribution in [2.24, 2.45) is 11.8 Å². The molecule has 96 valence electrons. The first-order chi connectivity index (χ1) is 7.68. The average Bonchev–Trinajstić information content (AvgIpc) is 2.45. The summed E-state index contributed by atoms with van der Waals surface area (Å²) in [5, 5.41) is 3.56. The van der Waals surface area contributed by atoms with Crippen LogP contribution in [-0.4, -0.2) is 49.1 Å². The molecule has 1 heterocycles. The molecule has 0 aromatic rings. The minimum absolute atomic E-state index is 0.766. The SMILES string of the molecule is CC(C)CNCC(C)CN1CCCSCC1. The van der Waals surface area contributed by atoms with E-state index in [1.807, 2.05) is 0 Å². The fourth-order valence-electron chi connectivity index (χ4n) is 2.10. The van der Waals surface area contributed by atoms with Crippen LogP contribution in [0.3, 0.4) is 0 Å². The van der Waals surface area contributed by atoms with Gasteiger partial charge in [0.2, 0.25) is 0 Å². The third-order valence-electron chi connectivity index (χ3n) is 2.93. The molecule has 1 fully saturated rings. The van der Waals surface area contributed by atoms with Gasteiger partial charge in [0.05, 0.1) is 0 Å². The van der Waals surface area contributed by atoms with Crippen molar-refractivity contribution in [2.75, 3.05) is 44.2 Å². The summed E-state index contributed by atoms with van der Waals surface area (Å²) in [7, 11) is 0. The Morgan fingerprint density at radius 1 is 1.12 bits per heavy atom. The summed E-state index contributed by atoms with van der Waals surface area (Å²) >= 11 is 2.11. The molecular formula is C13H28N2S. The van der Waals surface area contributed by atoms with Crippen LogP contribution >= 0.6 is 11.8 Å². The van der Waals surface area contributed by atoms with Crippen LogP contribution < -0.4 is 5.32 Å². The molecule has 0 amide bonds. The molecule has 3 heteroatoms. The average molecular weight is 244 g/mol. The summed E-state index contributed by atoms with van der Waals surface area (Å²) in [6, 6.07) is 0. The van der Waals surface area contributed by atoms with Crippen LogP contribution in [0.1, 0.15) is 27.2 Å². The zero-order chi connectivity index (χ0) is 11.8. The van der Waals surface area contributed by atoms with Gasteiger partial charge in [0.25, 0.3) is 0 Å². The van der Waals surface area contributed by atoms with Gasteiger partial charge in [0.1, 0.15) is 0 Å². The van der Waals surface area contributed by atoms with Crippen molar-refractivity contribution in [2.45, 2.75) is 27.2 Å². The smallest absolute Gasteiger partial charge is 0.00725 e. The maximum Gasteiger partial charge on any atom is 0.00725 e. The van der Waals surface area contributed by atoms with Crippen molar-refractivity contribution in [3.05, 3.63) is 0 Å². The van der Waals surface area contributed by atoms with Gasteiger partial charge in [0, 0.05) is 18.8 Å². The first-order valence-corrected chi connectivity index (χ1v) is 7.84. The van der Waals surface area contributed by atoms with Crippen molar-refractivity contribution in [1.82, 2.24) is 10.2 Å². The zero-order valence-electron chi connectivity index (χ0n) is 11.2. The van der Waals surface area contributed by atoms with Gasteiger partial charge in [-0.2, -0.15) is 11.8 Å². The summed E-state index contributed by atoms with van der Waals surface area (Å²) in [5.74, 6) is 4.23. The van der Waals surface area contributed by atoms with E-state index in [4.69, 9.17) is 0 Å². The Morgan fingerprint density at radius 2 is 1.94 bits per heavy atom. The molecule has 1 aliphatic rings. The Bertz CT molecular complexity index is 165. The molecule has 0 aromatic heterocycles. The van der Waals surface area contributed by atoms with Crippen LogP contribution in [0.2, 0.25) is 0 Å². The zero-order valence-corrected chi connectivity index (χ0v) is 12.0. The lowest BCUT2D eigenvalue weighted by Gasteiger charge is -2.24. The lowest BCUT2D eigenvalue weighted by molar-refractivity contribution is 0.250. The summed E-state index contributed by atoms with van der Waals surface area (Å²) in [6.07, 6.45) is 1.37. The molecular weight excluding hydrogens is 216 g/mol. The lowest BCUT2D eigenvalue weighted by atomic mass is 10.1. The molecule has 0 radical (unpaired) electrons. The Kier molecular flexibility index (Phi) is 7.50. The van der Waals surface area contributed by atoms with E-state index in [9.17, 15) is 0 Å². The molecule has 1 unspecified atom stereocenters. The van der Waals surface area contributed by atoms with Gasteiger partial charge in [-0.15, -0.1) is 0 Å². The third-order valence-corrected chi connectivity index (χ3v) is 3.98. The van der Waals surface area contributed by atoms with Crippen molar-refractivity contribution in [3.8, 4) is 0 Å². The summed E-state index contributed by atoms with van der Waals surface area (Å²) < 4.78 is 0. The largest absolute Gasteiger partial charge is 0.316 e. The molecule has 1 N–H and O–H groups in total. The fourth-order valence-corrected chi connectivity index (χ4v) is 3.03. The Morgan fingerprint density at radius 3 is 2.69 bits per heavy atom.